The van der Waals surface area contributed by atoms with Crippen LogP contribution >= 0.6 is 0 Å². The lowest BCUT2D eigenvalue weighted by Crippen LogP contribution is -2.18. The van der Waals surface area contributed by atoms with Crippen LogP contribution < -0.4 is 0 Å². The lowest BCUT2D eigenvalue weighted by Gasteiger charge is -2.18. The third-order valence-corrected chi connectivity index (χ3v) is 2.23. The smallest absolute Gasteiger partial charge is 0.108 e. The Balaban J connectivity index is 2.33. The van der Waals surface area contributed by atoms with Gasteiger partial charge in [-0.1, -0.05) is 25.0 Å². The molecule has 1 aromatic rings. The predicted molar refractivity (Wildman–Crippen MR) is 64.1 cm³/mol. The van der Waals surface area contributed by atoms with Crippen molar-refractivity contribution in [3.05, 3.63) is 11.9 Å². The molecule has 1 rings (SSSR count). The fraction of sp³-hybridized carbons (Fsp3) is 0.833. The van der Waals surface area contributed by atoms with E-state index in [0.29, 0.717) is 6.61 Å². The van der Waals surface area contributed by atoms with Crippen molar-refractivity contribution in [3.8, 4) is 0 Å². The van der Waals surface area contributed by atoms with Crippen molar-refractivity contribution in [2.24, 2.45) is 0 Å². The summed E-state index contributed by atoms with van der Waals surface area (Å²) in [5.41, 5.74) is 0.790. The van der Waals surface area contributed by atoms with Crippen molar-refractivity contribution < 1.29 is 4.74 Å². The summed E-state index contributed by atoms with van der Waals surface area (Å²) >= 11 is 0. The Morgan fingerprint density at radius 3 is 2.69 bits per heavy atom. The number of aromatic nitrogens is 3. The minimum absolute atomic E-state index is 0.119. The van der Waals surface area contributed by atoms with Gasteiger partial charge in [-0.3, -0.25) is 4.68 Å². The van der Waals surface area contributed by atoms with Crippen LogP contribution in [0, 0.1) is 0 Å². The molecule has 0 aromatic carbocycles. The van der Waals surface area contributed by atoms with Crippen LogP contribution in [0.1, 0.15) is 52.7 Å². The largest absolute Gasteiger partial charge is 0.369 e. The van der Waals surface area contributed by atoms with Crippen LogP contribution in [-0.2, 0) is 17.9 Å². The van der Waals surface area contributed by atoms with Gasteiger partial charge in [0, 0.05) is 6.54 Å². The predicted octanol–water partition coefficient (Wildman–Crippen LogP) is 2.78. The van der Waals surface area contributed by atoms with E-state index in [1.807, 2.05) is 31.6 Å². The Hall–Kier alpha value is -0.900. The Morgan fingerprint density at radius 2 is 2.06 bits per heavy atom. The number of nitrogens with zero attached hydrogens (tertiary/aromatic N) is 3. The van der Waals surface area contributed by atoms with Crippen LogP contribution in [-0.4, -0.2) is 20.6 Å². The maximum atomic E-state index is 5.64. The van der Waals surface area contributed by atoms with Gasteiger partial charge < -0.3 is 4.74 Å². The molecule has 0 amide bonds. The highest BCUT2D eigenvalue weighted by Crippen LogP contribution is 2.10. The first-order valence-corrected chi connectivity index (χ1v) is 6.04. The van der Waals surface area contributed by atoms with Gasteiger partial charge in [-0.05, 0) is 27.2 Å². The van der Waals surface area contributed by atoms with Crippen molar-refractivity contribution >= 4 is 0 Å². The molecule has 0 N–H and O–H groups in total. The first-order chi connectivity index (χ1) is 7.51. The second-order valence-corrected chi connectivity index (χ2v) is 5.08. The monoisotopic (exact) mass is 225 g/mol. The van der Waals surface area contributed by atoms with Crippen LogP contribution in [0.3, 0.4) is 0 Å². The highest BCUT2D eigenvalue weighted by Gasteiger charge is 2.11. The minimum Gasteiger partial charge on any atom is -0.369 e. The van der Waals surface area contributed by atoms with Crippen molar-refractivity contribution in [3.63, 3.8) is 0 Å². The summed E-state index contributed by atoms with van der Waals surface area (Å²) in [6.07, 6.45) is 5.61. The van der Waals surface area contributed by atoms with Crippen LogP contribution in [0.25, 0.3) is 0 Å². The second-order valence-electron chi connectivity index (χ2n) is 5.08. The third-order valence-electron chi connectivity index (χ3n) is 2.23. The minimum atomic E-state index is -0.119. The summed E-state index contributed by atoms with van der Waals surface area (Å²) < 4.78 is 7.54. The molecule has 0 bridgehead atoms. The van der Waals surface area contributed by atoms with Crippen LogP contribution in [0.2, 0.25) is 0 Å². The average Bonchev–Trinajstić information content (AvgIpc) is 2.62. The number of unbranched alkanes of at least 4 members (excludes halogenated alkanes) is 2. The molecular formula is C12H23N3O. The molecule has 0 fully saturated rings. The van der Waals surface area contributed by atoms with E-state index in [9.17, 15) is 0 Å². The molecule has 0 saturated heterocycles. The zero-order valence-electron chi connectivity index (χ0n) is 10.9. The number of ether oxygens (including phenoxy) is 1. The highest BCUT2D eigenvalue weighted by molar-refractivity contribution is 4.90. The summed E-state index contributed by atoms with van der Waals surface area (Å²) in [6, 6.07) is 0. The van der Waals surface area contributed by atoms with Crippen LogP contribution in [0.5, 0.6) is 0 Å². The summed E-state index contributed by atoms with van der Waals surface area (Å²) in [4.78, 5) is 0. The topological polar surface area (TPSA) is 39.9 Å². The van der Waals surface area contributed by atoms with Crippen LogP contribution in [0.15, 0.2) is 6.20 Å². The summed E-state index contributed by atoms with van der Waals surface area (Å²) in [5.74, 6) is 0. The van der Waals surface area contributed by atoms with Gasteiger partial charge in [0.1, 0.15) is 5.69 Å². The molecular weight excluding hydrogens is 202 g/mol. The number of hydrogen-bond acceptors (Lipinski definition) is 3. The molecule has 92 valence electrons. The molecule has 4 nitrogen and oxygen atoms in total. The third kappa shape index (κ3) is 5.26. The number of hydrogen-bond donors (Lipinski definition) is 0. The number of aryl methyl sites for hydroxylation is 1. The normalized spacial score (nSPS) is 12.0. The Labute approximate surface area is 98.0 Å². The Kier molecular flexibility index (Phi) is 4.93. The van der Waals surface area contributed by atoms with E-state index in [0.717, 1.165) is 12.2 Å². The molecule has 0 radical (unpaired) electrons. The van der Waals surface area contributed by atoms with Gasteiger partial charge in [-0.25, -0.2) is 0 Å². The summed E-state index contributed by atoms with van der Waals surface area (Å²) in [5, 5.41) is 8.16. The highest BCUT2D eigenvalue weighted by atomic mass is 16.5. The summed E-state index contributed by atoms with van der Waals surface area (Å²) in [7, 11) is 0. The Morgan fingerprint density at radius 1 is 1.31 bits per heavy atom. The first-order valence-electron chi connectivity index (χ1n) is 6.04. The van der Waals surface area contributed by atoms with Crippen molar-refractivity contribution in [2.75, 3.05) is 0 Å². The average molecular weight is 225 g/mol. The standard InChI is InChI=1S/C12H23N3O/c1-5-6-7-8-15-9-11(13-14-15)10-16-12(2,3)4/h9H,5-8,10H2,1-4H3. The molecule has 1 aromatic heterocycles. The first kappa shape index (κ1) is 13.2. The van der Waals surface area contributed by atoms with E-state index >= 15 is 0 Å². The molecule has 0 saturated carbocycles. The van der Waals surface area contributed by atoms with E-state index in [-0.39, 0.29) is 5.60 Å². The molecule has 0 spiro atoms. The molecule has 0 aliphatic heterocycles. The molecule has 0 unspecified atom stereocenters. The lowest BCUT2D eigenvalue weighted by molar-refractivity contribution is -0.0165. The van der Waals surface area contributed by atoms with E-state index in [1.54, 1.807) is 0 Å². The van der Waals surface area contributed by atoms with Crippen LogP contribution in [0.4, 0.5) is 0 Å². The summed E-state index contributed by atoms with van der Waals surface area (Å²) in [6.45, 7) is 9.81. The van der Waals surface area contributed by atoms with Gasteiger partial charge in [0.05, 0.1) is 18.4 Å². The maximum Gasteiger partial charge on any atom is 0.108 e. The van der Waals surface area contributed by atoms with Gasteiger partial charge in [0.15, 0.2) is 0 Å². The van der Waals surface area contributed by atoms with Gasteiger partial charge in [0.25, 0.3) is 0 Å². The van der Waals surface area contributed by atoms with E-state index < -0.39 is 0 Å². The fourth-order valence-electron chi connectivity index (χ4n) is 1.33. The molecule has 0 atom stereocenters. The SMILES string of the molecule is CCCCCn1cc(COC(C)(C)C)nn1. The van der Waals surface area contributed by atoms with E-state index in [4.69, 9.17) is 4.74 Å². The van der Waals surface area contributed by atoms with Gasteiger partial charge >= 0.3 is 0 Å². The van der Waals surface area contributed by atoms with Crippen molar-refractivity contribution in [2.45, 2.75) is 65.7 Å². The fourth-order valence-corrected chi connectivity index (χ4v) is 1.33. The molecule has 0 aliphatic rings. The van der Waals surface area contributed by atoms with Crippen molar-refractivity contribution in [1.82, 2.24) is 15.0 Å². The molecule has 0 aliphatic carbocycles. The molecule has 1 heterocycles. The van der Waals surface area contributed by atoms with Gasteiger partial charge in [0.2, 0.25) is 0 Å². The zero-order valence-corrected chi connectivity index (χ0v) is 10.9. The van der Waals surface area contributed by atoms with Gasteiger partial charge in [-0.2, -0.15) is 0 Å². The zero-order chi connectivity index (χ0) is 12.0. The lowest BCUT2D eigenvalue weighted by atomic mass is 10.2. The second kappa shape index (κ2) is 5.99. The Bertz CT molecular complexity index is 301. The molecule has 4 heteroatoms. The van der Waals surface area contributed by atoms with Gasteiger partial charge in [-0.15, -0.1) is 5.10 Å². The van der Waals surface area contributed by atoms with E-state index in [2.05, 4.69) is 17.2 Å². The molecule has 16 heavy (non-hydrogen) atoms. The van der Waals surface area contributed by atoms with Crippen molar-refractivity contribution in [1.29, 1.82) is 0 Å². The quantitative estimate of drug-likeness (QED) is 0.699. The maximum absolute atomic E-state index is 5.64. The van der Waals surface area contributed by atoms with E-state index in [1.165, 1.54) is 19.3 Å². The number of rotatable bonds is 6.